The fourth-order valence-corrected chi connectivity index (χ4v) is 1.53. The molecule has 0 unspecified atom stereocenters. The molecule has 0 fully saturated rings. The van der Waals surface area contributed by atoms with Crippen LogP contribution in [0.3, 0.4) is 0 Å². The first-order chi connectivity index (χ1) is 7.09. The Labute approximate surface area is 93.8 Å². The summed E-state index contributed by atoms with van der Waals surface area (Å²) in [4.78, 5) is 17.7. The van der Waals surface area contributed by atoms with Gasteiger partial charge >= 0.3 is 5.69 Å². The standard InChI is InChI=1S/C8H3Cl2N3O2/c9-6-2-1-4-8(12-6)7(10)5(3-11-4)13(14)15/h1-3H. The number of nitrogens with zero attached hydrogens (tertiary/aromatic N) is 3. The topological polar surface area (TPSA) is 68.9 Å². The quantitative estimate of drug-likeness (QED) is 0.439. The molecule has 76 valence electrons. The maximum Gasteiger partial charge on any atom is 0.308 e. The third-order valence-electron chi connectivity index (χ3n) is 1.80. The molecule has 5 nitrogen and oxygen atoms in total. The minimum atomic E-state index is -0.614. The molecule has 0 saturated heterocycles. The van der Waals surface area contributed by atoms with Crippen molar-refractivity contribution in [3.05, 3.63) is 38.6 Å². The molecule has 2 aromatic heterocycles. The van der Waals surface area contributed by atoms with Gasteiger partial charge in [0.15, 0.2) is 0 Å². The fourth-order valence-electron chi connectivity index (χ4n) is 1.13. The Bertz CT molecular complexity index is 559. The van der Waals surface area contributed by atoms with E-state index in [4.69, 9.17) is 23.2 Å². The number of pyridine rings is 2. The molecule has 0 saturated carbocycles. The predicted molar refractivity (Wildman–Crippen MR) is 56.2 cm³/mol. The fraction of sp³-hybridized carbons (Fsp3) is 0. The second-order valence-corrected chi connectivity index (χ2v) is 3.48. The summed E-state index contributed by atoms with van der Waals surface area (Å²) >= 11 is 11.5. The summed E-state index contributed by atoms with van der Waals surface area (Å²) in [5.41, 5.74) is 0.423. The molecule has 0 aromatic carbocycles. The van der Waals surface area contributed by atoms with Gasteiger partial charge in [0.25, 0.3) is 0 Å². The number of halogens is 2. The summed E-state index contributed by atoms with van der Waals surface area (Å²) in [6, 6.07) is 3.14. The highest BCUT2D eigenvalue weighted by molar-refractivity contribution is 6.37. The molecule has 2 heterocycles. The van der Waals surface area contributed by atoms with Gasteiger partial charge < -0.3 is 0 Å². The Hall–Kier alpha value is -1.46. The lowest BCUT2D eigenvalue weighted by atomic mass is 10.3. The van der Waals surface area contributed by atoms with E-state index < -0.39 is 4.92 Å². The largest absolute Gasteiger partial charge is 0.308 e. The average Bonchev–Trinajstić information content (AvgIpc) is 2.19. The van der Waals surface area contributed by atoms with E-state index in [-0.39, 0.29) is 21.4 Å². The number of hydrogen-bond acceptors (Lipinski definition) is 4. The summed E-state index contributed by atoms with van der Waals surface area (Å²) in [5, 5.41) is 10.7. The molecule has 0 radical (unpaired) electrons. The molecule has 0 bridgehead atoms. The van der Waals surface area contributed by atoms with Gasteiger partial charge in [-0.05, 0) is 12.1 Å². The van der Waals surface area contributed by atoms with Gasteiger partial charge in [-0.1, -0.05) is 23.2 Å². The lowest BCUT2D eigenvalue weighted by molar-refractivity contribution is -0.384. The Morgan fingerprint density at radius 3 is 2.73 bits per heavy atom. The summed E-state index contributed by atoms with van der Waals surface area (Å²) in [5.74, 6) is 0. The van der Waals surface area contributed by atoms with Crippen LogP contribution in [0.25, 0.3) is 11.0 Å². The zero-order chi connectivity index (χ0) is 11.0. The van der Waals surface area contributed by atoms with Crippen molar-refractivity contribution < 1.29 is 4.92 Å². The highest BCUT2D eigenvalue weighted by Crippen LogP contribution is 2.30. The molecule has 0 amide bonds. The SMILES string of the molecule is O=[N+]([O-])c1cnc2ccc(Cl)nc2c1Cl. The van der Waals surface area contributed by atoms with Gasteiger partial charge in [-0.25, -0.2) is 9.97 Å². The summed E-state index contributed by atoms with van der Waals surface area (Å²) < 4.78 is 0. The van der Waals surface area contributed by atoms with Crippen LogP contribution in [0.4, 0.5) is 5.69 Å². The number of hydrogen-bond donors (Lipinski definition) is 0. The Morgan fingerprint density at radius 1 is 1.33 bits per heavy atom. The van der Waals surface area contributed by atoms with Gasteiger partial charge in [-0.3, -0.25) is 10.1 Å². The van der Waals surface area contributed by atoms with Crippen LogP contribution in [0.2, 0.25) is 10.2 Å². The third kappa shape index (κ3) is 1.71. The smallest absolute Gasteiger partial charge is 0.258 e. The van der Waals surface area contributed by atoms with Crippen LogP contribution in [-0.4, -0.2) is 14.9 Å². The van der Waals surface area contributed by atoms with E-state index in [1.165, 1.54) is 0 Å². The van der Waals surface area contributed by atoms with E-state index in [1.807, 2.05) is 0 Å². The number of rotatable bonds is 1. The molecule has 0 aliphatic carbocycles. The number of nitro groups is 1. The molecule has 0 spiro atoms. The molecule has 0 aliphatic heterocycles. The highest BCUT2D eigenvalue weighted by atomic mass is 35.5. The second-order valence-electron chi connectivity index (χ2n) is 2.72. The molecular weight excluding hydrogens is 241 g/mol. The van der Waals surface area contributed by atoms with E-state index in [0.717, 1.165) is 6.20 Å². The van der Waals surface area contributed by atoms with Gasteiger partial charge in [-0.15, -0.1) is 0 Å². The molecule has 0 atom stereocenters. The first-order valence-electron chi connectivity index (χ1n) is 3.85. The molecule has 15 heavy (non-hydrogen) atoms. The van der Waals surface area contributed by atoms with Gasteiger partial charge in [0, 0.05) is 0 Å². The zero-order valence-electron chi connectivity index (χ0n) is 7.15. The van der Waals surface area contributed by atoms with E-state index in [1.54, 1.807) is 12.1 Å². The van der Waals surface area contributed by atoms with E-state index in [2.05, 4.69) is 9.97 Å². The first kappa shape index (κ1) is 10.1. The predicted octanol–water partition coefficient (Wildman–Crippen LogP) is 2.84. The van der Waals surface area contributed by atoms with Crippen LogP contribution in [0.5, 0.6) is 0 Å². The van der Waals surface area contributed by atoms with Crippen molar-refractivity contribution >= 4 is 39.9 Å². The van der Waals surface area contributed by atoms with Gasteiger partial charge in [0.1, 0.15) is 21.9 Å². The molecule has 0 N–H and O–H groups in total. The maximum atomic E-state index is 10.6. The van der Waals surface area contributed by atoms with Crippen LogP contribution < -0.4 is 0 Å². The van der Waals surface area contributed by atoms with Crippen molar-refractivity contribution in [2.45, 2.75) is 0 Å². The molecule has 7 heteroatoms. The second kappa shape index (κ2) is 3.60. The van der Waals surface area contributed by atoms with E-state index >= 15 is 0 Å². The molecule has 0 aliphatic rings. The Kier molecular flexibility index (Phi) is 2.42. The first-order valence-corrected chi connectivity index (χ1v) is 4.60. The molecule has 2 aromatic rings. The van der Waals surface area contributed by atoms with Crippen molar-refractivity contribution in [2.75, 3.05) is 0 Å². The van der Waals surface area contributed by atoms with Crippen molar-refractivity contribution in [3.63, 3.8) is 0 Å². The summed E-state index contributed by atoms with van der Waals surface area (Å²) in [6.45, 7) is 0. The van der Waals surface area contributed by atoms with E-state index in [9.17, 15) is 10.1 Å². The van der Waals surface area contributed by atoms with Gasteiger partial charge in [0.2, 0.25) is 0 Å². The monoisotopic (exact) mass is 243 g/mol. The summed E-state index contributed by atoms with van der Waals surface area (Å²) in [6.07, 6.45) is 1.10. The number of aromatic nitrogens is 2. The lowest BCUT2D eigenvalue weighted by Gasteiger charge is -1.99. The number of fused-ring (bicyclic) bond motifs is 1. The molecule has 2 rings (SSSR count). The van der Waals surface area contributed by atoms with Crippen molar-refractivity contribution in [3.8, 4) is 0 Å². The highest BCUT2D eigenvalue weighted by Gasteiger charge is 2.17. The van der Waals surface area contributed by atoms with Crippen LogP contribution in [0.15, 0.2) is 18.3 Å². The van der Waals surface area contributed by atoms with Crippen molar-refractivity contribution in [1.29, 1.82) is 0 Å². The van der Waals surface area contributed by atoms with Crippen LogP contribution in [-0.2, 0) is 0 Å². The Balaban J connectivity index is 2.82. The zero-order valence-corrected chi connectivity index (χ0v) is 8.66. The van der Waals surface area contributed by atoms with Gasteiger partial charge in [-0.2, -0.15) is 0 Å². The lowest BCUT2D eigenvalue weighted by Crippen LogP contribution is -1.93. The maximum absolute atomic E-state index is 10.6. The van der Waals surface area contributed by atoms with Crippen LogP contribution in [0.1, 0.15) is 0 Å². The molecular formula is C8H3Cl2N3O2. The minimum absolute atomic E-state index is 0.0486. The van der Waals surface area contributed by atoms with Gasteiger partial charge in [0.05, 0.1) is 10.4 Å². The normalized spacial score (nSPS) is 10.5. The average molecular weight is 244 g/mol. The van der Waals surface area contributed by atoms with Crippen LogP contribution >= 0.6 is 23.2 Å². The summed E-state index contributed by atoms with van der Waals surface area (Å²) in [7, 11) is 0. The van der Waals surface area contributed by atoms with Crippen LogP contribution in [0, 0.1) is 10.1 Å². The van der Waals surface area contributed by atoms with Crippen molar-refractivity contribution in [2.24, 2.45) is 0 Å². The third-order valence-corrected chi connectivity index (χ3v) is 2.38. The van der Waals surface area contributed by atoms with Crippen molar-refractivity contribution in [1.82, 2.24) is 9.97 Å². The minimum Gasteiger partial charge on any atom is -0.258 e. The van der Waals surface area contributed by atoms with E-state index in [0.29, 0.717) is 5.52 Å². The Morgan fingerprint density at radius 2 is 2.07 bits per heavy atom.